The van der Waals surface area contributed by atoms with E-state index in [1.54, 1.807) is 0 Å². The summed E-state index contributed by atoms with van der Waals surface area (Å²) in [5.41, 5.74) is 0. The Morgan fingerprint density at radius 2 is 0.691 bits per heavy atom. The summed E-state index contributed by atoms with van der Waals surface area (Å²) in [5.74, 6) is -12.0. The Balaban J connectivity index is 1.85. The van der Waals surface area contributed by atoms with Gasteiger partial charge in [-0.2, -0.15) is 11.8 Å². The van der Waals surface area contributed by atoms with Crippen LogP contribution in [0.4, 0.5) is 0 Å². The number of thioether (sulfide) groups is 1. The topological polar surface area (TPSA) is 533 Å². The second-order valence-corrected chi connectivity index (χ2v) is 26.9. The average molecular weight is 1590 g/mol. The standard InChI is InChI=1S/C69H107N7O33S/c1-36(77)72-57-63(104-45(10)86)60(101-42(7)83)50(31-98-39(4)80)107-67(57)95-27-19-15-22-53(89)71-30-48(75-54(90)23-16-20-28-96-68-58(73-37(2)78)64(105-46(11)87)61(102-43(8)84)51(108-68)32-99-40(5)81)34-110-35-49(66(94)70-26-18-13-14-25-56(92)93)76-55(91)24-17-21-29-97-69-59(74-38(3)79)65(106-47(12)88)62(103-44(9)85)52(109-69)33-100-41(6)82/h48-52,57-65,67-69H,13-35H2,1-12H3,(H,70,94)(H,71,89)(H,72,77)(H,73,78)(H,74,79)(H,75,90)(H,76,91)(H,92,93)/t48-,49-,50+,51+,52+,57+,58+,59+,60-,61-,62-,63+,64+,65+,67+,68+,69+/m0/s1. The summed E-state index contributed by atoms with van der Waals surface area (Å²) in [6, 6.07) is -5.81. The van der Waals surface area contributed by atoms with Crippen molar-refractivity contribution in [3.63, 3.8) is 0 Å². The predicted molar refractivity (Wildman–Crippen MR) is 375 cm³/mol. The molecule has 0 aromatic carbocycles. The van der Waals surface area contributed by atoms with E-state index in [4.69, 9.17) is 76.2 Å². The van der Waals surface area contributed by atoms with Gasteiger partial charge in [-0.15, -0.1) is 0 Å². The van der Waals surface area contributed by atoms with Gasteiger partial charge in [-0.1, -0.05) is 6.42 Å². The summed E-state index contributed by atoms with van der Waals surface area (Å²) in [7, 11) is 0. The minimum Gasteiger partial charge on any atom is -0.481 e. The van der Waals surface area contributed by atoms with E-state index < -0.39 is 225 Å². The highest BCUT2D eigenvalue weighted by molar-refractivity contribution is 7.99. The van der Waals surface area contributed by atoms with Crippen molar-refractivity contribution in [2.75, 3.05) is 64.2 Å². The number of carboxylic acids is 1. The maximum Gasteiger partial charge on any atom is 0.303 e. The van der Waals surface area contributed by atoms with Gasteiger partial charge in [0.1, 0.15) is 62.3 Å². The molecule has 0 radical (unpaired) electrons. The third-order valence-corrected chi connectivity index (χ3v) is 17.2. The van der Waals surface area contributed by atoms with Gasteiger partial charge >= 0.3 is 59.7 Å². The second-order valence-electron chi connectivity index (χ2n) is 25.9. The van der Waals surface area contributed by atoms with Crippen LogP contribution in [0.3, 0.4) is 0 Å². The number of esters is 9. The predicted octanol–water partition coefficient (Wildman–Crippen LogP) is -0.904. The van der Waals surface area contributed by atoms with Gasteiger partial charge in [0.15, 0.2) is 55.5 Å². The molecule has 0 spiro atoms. The maximum absolute atomic E-state index is 13.9. The molecule has 3 heterocycles. The third-order valence-electron chi connectivity index (χ3n) is 16.0. The molecule has 0 aromatic heterocycles. The molecular formula is C69H107N7O33S. The number of hydrogen-bond donors (Lipinski definition) is 8. The summed E-state index contributed by atoms with van der Waals surface area (Å²) in [4.78, 5) is 213. The number of carbonyl (C=O) groups excluding carboxylic acids is 16. The van der Waals surface area contributed by atoms with Crippen LogP contribution in [-0.2, 0) is 153 Å². The molecule has 3 rings (SSSR count). The van der Waals surface area contributed by atoms with Crippen LogP contribution in [0.15, 0.2) is 0 Å². The molecule has 0 bridgehead atoms. The van der Waals surface area contributed by atoms with Crippen molar-refractivity contribution in [2.24, 2.45) is 0 Å². The van der Waals surface area contributed by atoms with E-state index in [2.05, 4.69) is 37.2 Å². The van der Waals surface area contributed by atoms with Crippen molar-refractivity contribution in [3.8, 4) is 0 Å². The van der Waals surface area contributed by atoms with E-state index in [-0.39, 0.29) is 109 Å². The van der Waals surface area contributed by atoms with Gasteiger partial charge in [0, 0.05) is 153 Å². The van der Waals surface area contributed by atoms with Crippen LogP contribution in [0.1, 0.15) is 167 Å². The zero-order chi connectivity index (χ0) is 82.2. The smallest absolute Gasteiger partial charge is 0.303 e. The molecule has 0 aromatic rings. The Labute approximate surface area is 640 Å². The van der Waals surface area contributed by atoms with Crippen LogP contribution in [-0.4, -0.2) is 274 Å². The van der Waals surface area contributed by atoms with E-state index in [0.717, 1.165) is 74.1 Å². The third kappa shape index (κ3) is 38.2. The van der Waals surface area contributed by atoms with Gasteiger partial charge < -0.3 is 113 Å². The number of ether oxygens (including phenoxy) is 15. The molecule has 0 aliphatic carbocycles. The van der Waals surface area contributed by atoms with Crippen molar-refractivity contribution >= 4 is 113 Å². The molecular weight excluding hydrogens is 1490 g/mol. The lowest BCUT2D eigenvalue weighted by molar-refractivity contribution is -0.277. The van der Waals surface area contributed by atoms with Crippen LogP contribution in [0.5, 0.6) is 0 Å². The minimum absolute atomic E-state index is 0.0252. The summed E-state index contributed by atoms with van der Waals surface area (Å²) in [6.07, 6.45) is -14.4. The first-order valence-corrected chi connectivity index (χ1v) is 37.1. The number of nitrogens with one attached hydrogen (secondary N) is 7. The molecule has 8 N–H and O–H groups in total. The zero-order valence-corrected chi connectivity index (χ0v) is 64.8. The fourth-order valence-electron chi connectivity index (χ4n) is 11.5. The van der Waals surface area contributed by atoms with Gasteiger partial charge in [-0.3, -0.25) is 81.5 Å². The number of unbranched alkanes of at least 4 members (excludes halogenated alkanes) is 5. The van der Waals surface area contributed by atoms with Crippen LogP contribution < -0.4 is 37.2 Å². The lowest BCUT2D eigenvalue weighted by Crippen LogP contribution is -2.66. The SMILES string of the molecule is CC(=O)N[C@H]1[C@H](OCCCCC(=O)NC[C@@H](CSC[C@H](NC(=O)CCCCO[C@@H]2O[C@H](COC(C)=O)[C@H](OC(C)=O)[C@H](OC(C)=O)[C@H]2NC(C)=O)C(=O)NCCCCCC(=O)O)NC(=O)CCCCO[C@@H]2O[C@H](COC(C)=O)[C@H](OC(C)=O)[C@H](OC(C)=O)[C@H]2NC(C)=O)O[C@H](COC(C)=O)[C@H](OC(C)=O)[C@@H]1OC(C)=O. The van der Waals surface area contributed by atoms with Crippen LogP contribution in [0, 0.1) is 0 Å². The fourth-order valence-corrected chi connectivity index (χ4v) is 12.6. The highest BCUT2D eigenvalue weighted by atomic mass is 32.2. The fraction of sp³-hybridized carbons (Fsp3) is 0.754. The second kappa shape index (κ2) is 50.8. The van der Waals surface area contributed by atoms with E-state index in [1.807, 2.05) is 0 Å². The normalized spacial score (nSPS) is 23.9. The number of carboxylic acid groups (broad SMARTS) is 1. The Hall–Kier alpha value is -8.90. The lowest BCUT2D eigenvalue weighted by atomic mass is 9.96. The monoisotopic (exact) mass is 1590 g/mol. The molecule has 7 amide bonds. The van der Waals surface area contributed by atoms with Gasteiger partial charge in [0.2, 0.25) is 41.4 Å². The molecule has 3 aliphatic heterocycles. The quantitative estimate of drug-likeness (QED) is 0.0208. The van der Waals surface area contributed by atoms with Gasteiger partial charge in [-0.05, 0) is 51.4 Å². The Kier molecular flexibility index (Phi) is 44.0. The van der Waals surface area contributed by atoms with Crippen LogP contribution in [0.25, 0.3) is 0 Å². The highest BCUT2D eigenvalue weighted by Crippen LogP contribution is 2.32. The van der Waals surface area contributed by atoms with Crippen molar-refractivity contribution in [1.82, 2.24) is 37.2 Å². The largest absolute Gasteiger partial charge is 0.481 e. The number of hydrogen-bond acceptors (Lipinski definition) is 33. The van der Waals surface area contributed by atoms with E-state index in [1.165, 1.54) is 20.8 Å². The Morgan fingerprint density at radius 3 is 1.02 bits per heavy atom. The maximum atomic E-state index is 13.9. The van der Waals surface area contributed by atoms with Crippen LogP contribution in [0.2, 0.25) is 0 Å². The van der Waals surface area contributed by atoms with E-state index in [0.29, 0.717) is 19.3 Å². The van der Waals surface area contributed by atoms with E-state index >= 15 is 0 Å². The first-order valence-electron chi connectivity index (χ1n) is 35.9. The Morgan fingerprint density at radius 1 is 0.364 bits per heavy atom. The van der Waals surface area contributed by atoms with Crippen molar-refractivity contribution in [3.05, 3.63) is 0 Å². The number of carbonyl (C=O) groups is 17. The minimum atomic E-state index is -1.39. The number of amides is 7. The molecule has 17 atom stereocenters. The molecule has 3 aliphatic rings. The van der Waals surface area contributed by atoms with Gasteiger partial charge in [-0.25, -0.2) is 0 Å². The summed E-state index contributed by atoms with van der Waals surface area (Å²) < 4.78 is 84.6. The van der Waals surface area contributed by atoms with E-state index in [9.17, 15) is 81.5 Å². The molecule has 40 nitrogen and oxygen atoms in total. The summed E-state index contributed by atoms with van der Waals surface area (Å²) >= 11 is 1.13. The summed E-state index contributed by atoms with van der Waals surface area (Å²) in [6.45, 7) is 11.6. The molecule has 41 heteroatoms. The Bertz CT molecular complexity index is 3110. The number of aliphatic carboxylic acids is 1. The number of rotatable bonds is 48. The molecule has 622 valence electrons. The highest BCUT2D eigenvalue weighted by Gasteiger charge is 2.54. The van der Waals surface area contributed by atoms with Crippen molar-refractivity contribution in [2.45, 2.75) is 271 Å². The molecule has 0 saturated carbocycles. The van der Waals surface area contributed by atoms with Crippen molar-refractivity contribution < 1.29 is 158 Å². The molecule has 110 heavy (non-hydrogen) atoms. The first-order chi connectivity index (χ1) is 51.9. The van der Waals surface area contributed by atoms with Gasteiger partial charge in [0.05, 0.1) is 6.04 Å². The summed E-state index contributed by atoms with van der Waals surface area (Å²) in [5, 5.41) is 28.2. The zero-order valence-electron chi connectivity index (χ0n) is 64.0. The van der Waals surface area contributed by atoms with Crippen LogP contribution >= 0.6 is 11.8 Å². The lowest BCUT2D eigenvalue weighted by Gasteiger charge is -2.44. The van der Waals surface area contributed by atoms with Gasteiger partial charge in [0.25, 0.3) is 0 Å². The van der Waals surface area contributed by atoms with Crippen molar-refractivity contribution in [1.29, 1.82) is 0 Å². The molecule has 0 unspecified atom stereocenters. The molecule has 3 fully saturated rings. The first kappa shape index (κ1) is 95.3. The average Bonchev–Trinajstić information content (AvgIpc) is 0.800. The molecule has 3 saturated heterocycles.